The maximum absolute atomic E-state index is 9.24. The lowest BCUT2D eigenvalue weighted by Gasteiger charge is -2.10. The summed E-state index contributed by atoms with van der Waals surface area (Å²) in [5.74, 6) is 0. The van der Waals surface area contributed by atoms with Gasteiger partial charge in [0.2, 0.25) is 22.0 Å². The van der Waals surface area contributed by atoms with E-state index in [2.05, 4.69) is 33.6 Å². The SMILES string of the molecule is CC[n+]1c(-c2ccccc2)c2cc([N+]#N)ccc2c2ccc([N+]#N)cc21. The molecule has 122 valence electrons. The molecule has 4 aromatic rings. The number of aryl methyl sites for hydroxylation is 1. The van der Waals surface area contributed by atoms with Crippen LogP contribution in [0.2, 0.25) is 0 Å². The van der Waals surface area contributed by atoms with Crippen molar-refractivity contribution >= 4 is 33.1 Å². The molecular formula is C21H16N5+3. The van der Waals surface area contributed by atoms with Crippen molar-refractivity contribution in [2.45, 2.75) is 13.5 Å². The fourth-order valence-corrected chi connectivity index (χ4v) is 3.56. The lowest BCUT2D eigenvalue weighted by molar-refractivity contribution is -0.655. The number of fused-ring (bicyclic) bond motifs is 3. The van der Waals surface area contributed by atoms with E-state index >= 15 is 0 Å². The summed E-state index contributed by atoms with van der Waals surface area (Å²) < 4.78 is 2.20. The first kappa shape index (κ1) is 15.7. The molecule has 0 fully saturated rings. The van der Waals surface area contributed by atoms with Crippen LogP contribution in [0.4, 0.5) is 11.4 Å². The highest BCUT2D eigenvalue weighted by Crippen LogP contribution is 2.34. The van der Waals surface area contributed by atoms with Crippen LogP contribution >= 0.6 is 0 Å². The molecule has 1 aromatic heterocycles. The average molecular weight is 338 g/mol. The first-order valence-corrected chi connectivity index (χ1v) is 8.45. The molecule has 5 heteroatoms. The minimum absolute atomic E-state index is 0.513. The van der Waals surface area contributed by atoms with Gasteiger partial charge in [-0.05, 0) is 31.2 Å². The highest BCUT2D eigenvalue weighted by Gasteiger charge is 2.25. The highest BCUT2D eigenvalue weighted by atomic mass is 15.0. The van der Waals surface area contributed by atoms with E-state index in [1.54, 1.807) is 12.1 Å². The Balaban J connectivity index is 2.27. The Kier molecular flexibility index (Phi) is 3.76. The summed E-state index contributed by atoms with van der Waals surface area (Å²) in [7, 11) is 0. The van der Waals surface area contributed by atoms with Gasteiger partial charge in [-0.25, -0.2) is 0 Å². The van der Waals surface area contributed by atoms with E-state index in [1.807, 2.05) is 42.5 Å². The summed E-state index contributed by atoms with van der Waals surface area (Å²) in [5.41, 5.74) is 4.13. The highest BCUT2D eigenvalue weighted by molar-refractivity contribution is 6.10. The molecule has 5 nitrogen and oxygen atoms in total. The summed E-state index contributed by atoms with van der Waals surface area (Å²) in [6.45, 7) is 2.83. The largest absolute Gasteiger partial charge is 0.391 e. The molecule has 0 radical (unpaired) electrons. The van der Waals surface area contributed by atoms with E-state index in [0.717, 1.165) is 39.5 Å². The standard InChI is InChI=1S/C21H16N5/c1-2-26-20-13-16(25-23)9-11-18(20)17-10-8-15(24-22)12-19(17)21(26)14-6-4-3-5-7-14/h3-13H,2H2,1H3/q+3. The normalized spacial score (nSPS) is 10.6. The van der Waals surface area contributed by atoms with Crippen LogP contribution in [0, 0.1) is 10.8 Å². The molecule has 26 heavy (non-hydrogen) atoms. The molecule has 0 aliphatic carbocycles. The van der Waals surface area contributed by atoms with Gasteiger partial charge < -0.3 is 0 Å². The number of aromatic nitrogens is 1. The van der Waals surface area contributed by atoms with E-state index in [0.29, 0.717) is 11.4 Å². The Bertz CT molecular complexity index is 1230. The molecule has 0 saturated heterocycles. The first-order chi connectivity index (χ1) is 12.8. The fourth-order valence-electron chi connectivity index (χ4n) is 3.56. The molecule has 0 aliphatic heterocycles. The van der Waals surface area contributed by atoms with Crippen LogP contribution in [0.1, 0.15) is 6.92 Å². The summed E-state index contributed by atoms with van der Waals surface area (Å²) in [5, 5.41) is 21.6. The van der Waals surface area contributed by atoms with Crippen LogP contribution in [0.3, 0.4) is 0 Å². The molecule has 1 heterocycles. The van der Waals surface area contributed by atoms with Gasteiger partial charge in [0.15, 0.2) is 9.95 Å². The smallest absolute Gasteiger partial charge is 0.191 e. The molecule has 0 saturated carbocycles. The Labute approximate surface area is 150 Å². The third kappa shape index (κ3) is 2.35. The molecule has 0 aliphatic rings. The zero-order valence-electron chi connectivity index (χ0n) is 14.3. The Hall–Kier alpha value is -3.83. The van der Waals surface area contributed by atoms with Crippen molar-refractivity contribution in [3.05, 3.63) is 76.7 Å². The Morgan fingerprint density at radius 1 is 0.769 bits per heavy atom. The number of hydrogen-bond acceptors (Lipinski definition) is 2. The quantitative estimate of drug-likeness (QED) is 0.258. The van der Waals surface area contributed by atoms with Crippen LogP contribution in [-0.2, 0) is 6.54 Å². The minimum atomic E-state index is 0.513. The topological polar surface area (TPSA) is 60.2 Å². The van der Waals surface area contributed by atoms with Crippen LogP contribution in [0.25, 0.3) is 42.9 Å². The fraction of sp³-hybridized carbons (Fsp3) is 0.0952. The molecule has 3 aromatic carbocycles. The number of hydrogen-bond donors (Lipinski definition) is 0. The number of rotatable bonds is 2. The minimum Gasteiger partial charge on any atom is -0.191 e. The first-order valence-electron chi connectivity index (χ1n) is 8.45. The molecule has 0 amide bonds. The predicted molar refractivity (Wildman–Crippen MR) is 102 cm³/mol. The van der Waals surface area contributed by atoms with Crippen LogP contribution in [0.15, 0.2) is 66.7 Å². The number of nitrogens with zero attached hydrogens (tertiary/aromatic N) is 5. The van der Waals surface area contributed by atoms with Crippen molar-refractivity contribution in [3.63, 3.8) is 0 Å². The maximum Gasteiger partial charge on any atom is 0.391 e. The van der Waals surface area contributed by atoms with Gasteiger partial charge in [0.05, 0.1) is 10.8 Å². The Morgan fingerprint density at radius 3 is 2.08 bits per heavy atom. The molecular weight excluding hydrogens is 322 g/mol. The molecule has 0 atom stereocenters. The van der Waals surface area contributed by atoms with Gasteiger partial charge in [0.25, 0.3) is 0 Å². The van der Waals surface area contributed by atoms with Gasteiger partial charge in [-0.3, -0.25) is 0 Å². The van der Waals surface area contributed by atoms with Crippen molar-refractivity contribution in [1.82, 2.24) is 0 Å². The van der Waals surface area contributed by atoms with E-state index < -0.39 is 0 Å². The second-order valence-electron chi connectivity index (χ2n) is 6.09. The van der Waals surface area contributed by atoms with Gasteiger partial charge in [-0.15, -0.1) is 0 Å². The van der Waals surface area contributed by atoms with Crippen LogP contribution in [-0.4, -0.2) is 0 Å². The third-order valence-electron chi connectivity index (χ3n) is 4.68. The lowest BCUT2D eigenvalue weighted by atomic mass is 9.98. The lowest BCUT2D eigenvalue weighted by Crippen LogP contribution is -2.36. The van der Waals surface area contributed by atoms with Gasteiger partial charge in [0, 0.05) is 29.1 Å². The molecule has 0 bridgehead atoms. The van der Waals surface area contributed by atoms with Crippen molar-refractivity contribution in [1.29, 1.82) is 10.8 Å². The van der Waals surface area contributed by atoms with Crippen molar-refractivity contribution in [3.8, 4) is 11.3 Å². The van der Waals surface area contributed by atoms with Gasteiger partial charge >= 0.3 is 11.4 Å². The second kappa shape index (κ2) is 6.23. The van der Waals surface area contributed by atoms with E-state index in [-0.39, 0.29) is 0 Å². The summed E-state index contributed by atoms with van der Waals surface area (Å²) in [6.07, 6.45) is 0. The maximum atomic E-state index is 9.24. The zero-order valence-corrected chi connectivity index (χ0v) is 14.3. The Morgan fingerprint density at radius 2 is 1.42 bits per heavy atom. The third-order valence-corrected chi connectivity index (χ3v) is 4.68. The van der Waals surface area contributed by atoms with Gasteiger partial charge in [-0.1, -0.05) is 18.2 Å². The molecule has 4 rings (SSSR count). The molecule has 0 unspecified atom stereocenters. The number of pyridine rings is 1. The van der Waals surface area contributed by atoms with Crippen molar-refractivity contribution in [2.24, 2.45) is 0 Å². The summed E-state index contributed by atoms with van der Waals surface area (Å²) in [6, 6.07) is 21.4. The second-order valence-corrected chi connectivity index (χ2v) is 6.09. The van der Waals surface area contributed by atoms with Crippen molar-refractivity contribution in [2.75, 3.05) is 0 Å². The van der Waals surface area contributed by atoms with Crippen LogP contribution in [0.5, 0.6) is 0 Å². The molecule has 0 spiro atoms. The summed E-state index contributed by atoms with van der Waals surface area (Å²) in [4.78, 5) is 6.71. The number of diazo groups is 2. The van der Waals surface area contributed by atoms with E-state index in [9.17, 15) is 10.8 Å². The van der Waals surface area contributed by atoms with E-state index in [4.69, 9.17) is 0 Å². The zero-order chi connectivity index (χ0) is 18.1. The van der Waals surface area contributed by atoms with Gasteiger partial charge in [0.1, 0.15) is 12.6 Å². The monoisotopic (exact) mass is 338 g/mol. The van der Waals surface area contributed by atoms with Crippen molar-refractivity contribution < 1.29 is 4.57 Å². The molecule has 0 N–H and O–H groups in total. The predicted octanol–water partition coefficient (Wildman–Crippen LogP) is 5.94. The summed E-state index contributed by atoms with van der Waals surface area (Å²) >= 11 is 0. The van der Waals surface area contributed by atoms with Crippen LogP contribution < -0.4 is 4.57 Å². The number of benzene rings is 3. The van der Waals surface area contributed by atoms with E-state index in [1.165, 1.54) is 0 Å². The average Bonchev–Trinajstić information content (AvgIpc) is 2.72. The van der Waals surface area contributed by atoms with Gasteiger partial charge in [-0.2, -0.15) is 4.57 Å².